The van der Waals surface area contributed by atoms with Gasteiger partial charge in [-0.05, 0) is 13.0 Å². The highest BCUT2D eigenvalue weighted by molar-refractivity contribution is 5.99. The molecule has 76 valence electrons. The van der Waals surface area contributed by atoms with Crippen molar-refractivity contribution in [3.63, 3.8) is 0 Å². The number of carbonyl (C=O) groups is 1. The first-order chi connectivity index (χ1) is 7.20. The number of pyridine rings is 1. The van der Waals surface area contributed by atoms with Crippen LogP contribution in [-0.2, 0) is 0 Å². The van der Waals surface area contributed by atoms with Crippen molar-refractivity contribution in [2.24, 2.45) is 5.73 Å². The van der Waals surface area contributed by atoms with E-state index in [1.165, 1.54) is 0 Å². The highest BCUT2D eigenvalue weighted by atomic mass is 16.1. The number of hydrogen-bond acceptors (Lipinski definition) is 3. The van der Waals surface area contributed by atoms with Crippen LogP contribution in [-0.4, -0.2) is 21.1 Å². The summed E-state index contributed by atoms with van der Waals surface area (Å²) in [7, 11) is 0. The molecule has 5 heteroatoms. The molecule has 2 rings (SSSR count). The van der Waals surface area contributed by atoms with Crippen LogP contribution in [0, 0.1) is 6.92 Å². The average molecular weight is 202 g/mol. The first-order valence-electron chi connectivity index (χ1n) is 4.44. The zero-order chi connectivity index (χ0) is 10.8. The number of aryl methyl sites for hydroxylation is 1. The molecule has 5 nitrogen and oxygen atoms in total. The van der Waals surface area contributed by atoms with Gasteiger partial charge < -0.3 is 5.73 Å². The number of aromatic amines is 1. The van der Waals surface area contributed by atoms with Gasteiger partial charge in [0.1, 0.15) is 0 Å². The molecule has 0 bridgehead atoms. The van der Waals surface area contributed by atoms with Gasteiger partial charge in [0.05, 0.1) is 11.3 Å². The zero-order valence-electron chi connectivity index (χ0n) is 8.19. The van der Waals surface area contributed by atoms with E-state index in [4.69, 9.17) is 5.73 Å². The second-order valence-corrected chi connectivity index (χ2v) is 3.17. The molecule has 3 N–H and O–H groups in total. The quantitative estimate of drug-likeness (QED) is 0.758. The molecule has 0 saturated carbocycles. The molecule has 0 radical (unpaired) electrons. The van der Waals surface area contributed by atoms with Gasteiger partial charge in [-0.1, -0.05) is 0 Å². The maximum atomic E-state index is 11.2. The Kier molecular flexibility index (Phi) is 2.21. The average Bonchev–Trinajstić information content (AvgIpc) is 2.64. The molecule has 0 aliphatic carbocycles. The number of aromatic nitrogens is 3. The van der Waals surface area contributed by atoms with Gasteiger partial charge in [0, 0.05) is 29.7 Å². The number of primary amides is 1. The molecular formula is C10H10N4O. The first kappa shape index (κ1) is 9.39. The number of nitrogens with zero attached hydrogens (tertiary/aromatic N) is 2. The number of rotatable bonds is 2. The van der Waals surface area contributed by atoms with E-state index < -0.39 is 5.91 Å². The van der Waals surface area contributed by atoms with Gasteiger partial charge in [0.2, 0.25) is 5.91 Å². The normalized spacial score (nSPS) is 10.2. The fourth-order valence-electron chi connectivity index (χ4n) is 1.45. The van der Waals surface area contributed by atoms with Crippen LogP contribution in [0.5, 0.6) is 0 Å². The fourth-order valence-corrected chi connectivity index (χ4v) is 1.45. The molecule has 0 unspecified atom stereocenters. The minimum Gasteiger partial charge on any atom is -0.366 e. The summed E-state index contributed by atoms with van der Waals surface area (Å²) in [5.41, 5.74) is 8.09. The Morgan fingerprint density at radius 2 is 2.27 bits per heavy atom. The lowest BCUT2D eigenvalue weighted by Gasteiger charge is -2.03. The molecule has 15 heavy (non-hydrogen) atoms. The van der Waals surface area contributed by atoms with Gasteiger partial charge in [-0.2, -0.15) is 5.10 Å². The highest BCUT2D eigenvalue weighted by Gasteiger charge is 2.12. The second-order valence-electron chi connectivity index (χ2n) is 3.17. The van der Waals surface area contributed by atoms with E-state index in [0.717, 1.165) is 11.3 Å². The standard InChI is InChI=1S/C10H10N4O/c1-6-8(5-13-14-6)9-4-12-3-2-7(9)10(11)15/h2-5H,1H3,(H2,11,15)(H,13,14). The van der Waals surface area contributed by atoms with E-state index in [-0.39, 0.29) is 0 Å². The molecule has 2 heterocycles. The second kappa shape index (κ2) is 3.53. The molecular weight excluding hydrogens is 192 g/mol. The minimum atomic E-state index is -0.465. The van der Waals surface area contributed by atoms with Gasteiger partial charge in [-0.25, -0.2) is 0 Å². The van der Waals surface area contributed by atoms with Crippen LogP contribution in [0.3, 0.4) is 0 Å². The zero-order valence-corrected chi connectivity index (χ0v) is 8.19. The van der Waals surface area contributed by atoms with E-state index in [0.29, 0.717) is 11.1 Å². The van der Waals surface area contributed by atoms with E-state index >= 15 is 0 Å². The Bertz CT molecular complexity index is 504. The summed E-state index contributed by atoms with van der Waals surface area (Å²) in [6.07, 6.45) is 4.87. The molecule has 0 saturated heterocycles. The van der Waals surface area contributed by atoms with Gasteiger partial charge in [0.25, 0.3) is 0 Å². The largest absolute Gasteiger partial charge is 0.366 e. The van der Waals surface area contributed by atoms with Crippen LogP contribution in [0.2, 0.25) is 0 Å². The van der Waals surface area contributed by atoms with E-state index in [2.05, 4.69) is 15.2 Å². The Labute approximate surface area is 86.3 Å². The predicted octanol–water partition coefficient (Wildman–Crippen LogP) is 0.879. The number of nitrogens with one attached hydrogen (secondary N) is 1. The van der Waals surface area contributed by atoms with Crippen molar-refractivity contribution in [3.8, 4) is 11.1 Å². The van der Waals surface area contributed by atoms with Crippen molar-refractivity contribution in [2.75, 3.05) is 0 Å². The maximum Gasteiger partial charge on any atom is 0.249 e. The van der Waals surface area contributed by atoms with E-state index in [9.17, 15) is 4.79 Å². The Hall–Kier alpha value is -2.17. The van der Waals surface area contributed by atoms with Crippen molar-refractivity contribution in [1.29, 1.82) is 0 Å². The first-order valence-corrected chi connectivity index (χ1v) is 4.44. The van der Waals surface area contributed by atoms with Crippen LogP contribution < -0.4 is 5.73 Å². The third kappa shape index (κ3) is 1.59. The summed E-state index contributed by atoms with van der Waals surface area (Å²) in [4.78, 5) is 15.2. The van der Waals surface area contributed by atoms with E-state index in [1.807, 2.05) is 6.92 Å². The van der Waals surface area contributed by atoms with Crippen molar-refractivity contribution in [3.05, 3.63) is 35.9 Å². The van der Waals surface area contributed by atoms with Gasteiger partial charge in [-0.15, -0.1) is 0 Å². The third-order valence-corrected chi connectivity index (χ3v) is 2.21. The molecule has 0 aliphatic rings. The third-order valence-electron chi connectivity index (χ3n) is 2.21. The molecule has 1 amide bonds. The molecule has 2 aromatic rings. The van der Waals surface area contributed by atoms with Gasteiger partial charge in [-0.3, -0.25) is 14.9 Å². The molecule has 0 spiro atoms. The molecule has 0 aliphatic heterocycles. The summed E-state index contributed by atoms with van der Waals surface area (Å²) in [5.74, 6) is -0.465. The molecule has 0 aromatic carbocycles. The predicted molar refractivity (Wildman–Crippen MR) is 55.1 cm³/mol. The van der Waals surface area contributed by atoms with Crippen molar-refractivity contribution in [2.45, 2.75) is 6.92 Å². The topological polar surface area (TPSA) is 84.7 Å². The number of H-pyrrole nitrogens is 1. The lowest BCUT2D eigenvalue weighted by atomic mass is 10.0. The molecule has 0 atom stereocenters. The number of nitrogens with two attached hydrogens (primary N) is 1. The molecule has 0 fully saturated rings. The summed E-state index contributed by atoms with van der Waals surface area (Å²) in [6.45, 7) is 1.85. The highest BCUT2D eigenvalue weighted by Crippen LogP contribution is 2.23. The van der Waals surface area contributed by atoms with Crippen LogP contribution in [0.4, 0.5) is 0 Å². The number of amides is 1. The lowest BCUT2D eigenvalue weighted by Crippen LogP contribution is -2.12. The number of carbonyl (C=O) groups excluding carboxylic acids is 1. The monoisotopic (exact) mass is 202 g/mol. The molecule has 2 aromatic heterocycles. The summed E-state index contributed by atoms with van der Waals surface area (Å²) >= 11 is 0. The van der Waals surface area contributed by atoms with Crippen molar-refractivity contribution in [1.82, 2.24) is 15.2 Å². The Balaban J connectivity index is 2.63. The van der Waals surface area contributed by atoms with Crippen LogP contribution >= 0.6 is 0 Å². The Morgan fingerprint density at radius 1 is 1.47 bits per heavy atom. The van der Waals surface area contributed by atoms with Crippen LogP contribution in [0.1, 0.15) is 16.1 Å². The van der Waals surface area contributed by atoms with E-state index in [1.54, 1.807) is 24.7 Å². The summed E-state index contributed by atoms with van der Waals surface area (Å²) in [5, 5.41) is 6.72. The van der Waals surface area contributed by atoms with Gasteiger partial charge >= 0.3 is 0 Å². The summed E-state index contributed by atoms with van der Waals surface area (Å²) in [6, 6.07) is 1.60. The SMILES string of the molecule is Cc1n[nH]cc1-c1cnccc1C(N)=O. The van der Waals surface area contributed by atoms with Crippen molar-refractivity contribution >= 4 is 5.91 Å². The van der Waals surface area contributed by atoms with Crippen LogP contribution in [0.15, 0.2) is 24.7 Å². The smallest absolute Gasteiger partial charge is 0.249 e. The minimum absolute atomic E-state index is 0.453. The summed E-state index contributed by atoms with van der Waals surface area (Å²) < 4.78 is 0. The maximum absolute atomic E-state index is 11.2. The number of hydrogen-bond donors (Lipinski definition) is 2. The lowest BCUT2D eigenvalue weighted by molar-refractivity contribution is 0.100. The fraction of sp³-hybridized carbons (Fsp3) is 0.100. The Morgan fingerprint density at radius 3 is 2.87 bits per heavy atom. The van der Waals surface area contributed by atoms with Crippen LogP contribution in [0.25, 0.3) is 11.1 Å². The van der Waals surface area contributed by atoms with Crippen molar-refractivity contribution < 1.29 is 4.79 Å². The van der Waals surface area contributed by atoms with Gasteiger partial charge in [0.15, 0.2) is 0 Å².